The van der Waals surface area contributed by atoms with Crippen LogP contribution in [0.2, 0.25) is 0 Å². The second kappa shape index (κ2) is 8.67. The number of nitrogens with zero attached hydrogens (tertiary/aromatic N) is 1. The van der Waals surface area contributed by atoms with Gasteiger partial charge < -0.3 is 5.32 Å². The number of anilines is 1. The summed E-state index contributed by atoms with van der Waals surface area (Å²) in [5, 5.41) is 3.24. The molecule has 7 heteroatoms. The molecule has 3 rings (SSSR count). The van der Waals surface area contributed by atoms with Gasteiger partial charge in [0.15, 0.2) is 5.78 Å². The van der Waals surface area contributed by atoms with Gasteiger partial charge in [0, 0.05) is 28.7 Å². The van der Waals surface area contributed by atoms with E-state index < -0.39 is 9.84 Å². The van der Waals surface area contributed by atoms with Crippen molar-refractivity contribution in [1.82, 2.24) is 4.98 Å². The molecule has 146 valence electrons. The average molecular weight is 415 g/mol. The zero-order valence-corrected chi connectivity index (χ0v) is 17.4. The maximum atomic E-state index is 12.7. The molecule has 28 heavy (non-hydrogen) atoms. The standard InChI is InChI=1S/C21H22N2O3S2/c1-3-4-20(24)16-7-9-17(10-8-16)22-13-18-14-23-21(27-18)28(25,26)19-11-5-15(2)6-12-19/h5-12,14,22H,3-4,13H2,1-2H3. The fourth-order valence-corrected chi connectivity index (χ4v) is 5.16. The highest BCUT2D eigenvalue weighted by Crippen LogP contribution is 2.26. The average Bonchev–Trinajstić information content (AvgIpc) is 3.17. The summed E-state index contributed by atoms with van der Waals surface area (Å²) in [6, 6.07) is 14.1. The first kappa shape index (κ1) is 20.2. The number of Topliss-reactive ketones (excluding diaryl/α,β-unsaturated/α-hetero) is 1. The Morgan fingerprint density at radius 1 is 1.07 bits per heavy atom. The van der Waals surface area contributed by atoms with Crippen LogP contribution in [0, 0.1) is 6.92 Å². The molecule has 0 saturated heterocycles. The van der Waals surface area contributed by atoms with E-state index in [1.165, 1.54) is 0 Å². The largest absolute Gasteiger partial charge is 0.380 e. The van der Waals surface area contributed by atoms with Crippen molar-refractivity contribution in [3.63, 3.8) is 0 Å². The number of aryl methyl sites for hydroxylation is 1. The van der Waals surface area contributed by atoms with Gasteiger partial charge in [-0.15, -0.1) is 11.3 Å². The van der Waals surface area contributed by atoms with Crippen LogP contribution in [0.1, 0.15) is 40.6 Å². The first-order chi connectivity index (χ1) is 13.4. The van der Waals surface area contributed by atoms with E-state index in [1.54, 1.807) is 42.6 Å². The van der Waals surface area contributed by atoms with Crippen molar-refractivity contribution in [2.45, 2.75) is 42.5 Å². The molecule has 5 nitrogen and oxygen atoms in total. The van der Waals surface area contributed by atoms with Gasteiger partial charge in [-0.05, 0) is 49.7 Å². The lowest BCUT2D eigenvalue weighted by Crippen LogP contribution is -2.01. The Morgan fingerprint density at radius 3 is 2.39 bits per heavy atom. The van der Waals surface area contributed by atoms with Crippen molar-refractivity contribution in [2.24, 2.45) is 0 Å². The summed E-state index contributed by atoms with van der Waals surface area (Å²) in [5.41, 5.74) is 2.58. The molecule has 0 bridgehead atoms. The van der Waals surface area contributed by atoms with Crippen LogP contribution in [0.25, 0.3) is 0 Å². The molecule has 1 aromatic heterocycles. The third kappa shape index (κ3) is 4.66. The number of hydrogen-bond acceptors (Lipinski definition) is 6. The number of carbonyl (C=O) groups is 1. The van der Waals surface area contributed by atoms with Crippen molar-refractivity contribution < 1.29 is 13.2 Å². The van der Waals surface area contributed by atoms with Crippen LogP contribution in [0.15, 0.2) is 64.0 Å². The summed E-state index contributed by atoms with van der Waals surface area (Å²) < 4.78 is 25.5. The first-order valence-electron chi connectivity index (χ1n) is 9.03. The van der Waals surface area contributed by atoms with E-state index >= 15 is 0 Å². The van der Waals surface area contributed by atoms with Crippen molar-refractivity contribution in [1.29, 1.82) is 0 Å². The summed E-state index contributed by atoms with van der Waals surface area (Å²) >= 11 is 1.16. The highest BCUT2D eigenvalue weighted by molar-refractivity contribution is 7.93. The zero-order chi connectivity index (χ0) is 20.1. The van der Waals surface area contributed by atoms with Crippen molar-refractivity contribution in [3.05, 3.63) is 70.7 Å². The number of sulfone groups is 1. The van der Waals surface area contributed by atoms with E-state index in [1.807, 2.05) is 26.0 Å². The fourth-order valence-electron chi connectivity index (χ4n) is 2.65. The van der Waals surface area contributed by atoms with Crippen LogP contribution < -0.4 is 5.32 Å². The van der Waals surface area contributed by atoms with Gasteiger partial charge in [-0.2, -0.15) is 0 Å². The maximum Gasteiger partial charge on any atom is 0.233 e. The smallest absolute Gasteiger partial charge is 0.233 e. The number of thiazole rings is 1. The summed E-state index contributed by atoms with van der Waals surface area (Å²) in [7, 11) is -3.60. The lowest BCUT2D eigenvalue weighted by molar-refractivity contribution is 0.0982. The van der Waals surface area contributed by atoms with Gasteiger partial charge in [0.25, 0.3) is 0 Å². The van der Waals surface area contributed by atoms with E-state index in [0.717, 1.165) is 33.9 Å². The van der Waals surface area contributed by atoms with Crippen molar-refractivity contribution >= 4 is 32.6 Å². The summed E-state index contributed by atoms with van der Waals surface area (Å²) in [6.07, 6.45) is 2.96. The number of aromatic nitrogens is 1. The van der Waals surface area contributed by atoms with Crippen LogP contribution in [0.3, 0.4) is 0 Å². The van der Waals surface area contributed by atoms with Gasteiger partial charge in [-0.1, -0.05) is 24.6 Å². The minimum absolute atomic E-state index is 0.0914. The molecular formula is C21H22N2O3S2. The van der Waals surface area contributed by atoms with E-state index in [0.29, 0.717) is 18.5 Å². The summed E-state index contributed by atoms with van der Waals surface area (Å²) in [6.45, 7) is 4.36. The van der Waals surface area contributed by atoms with E-state index in [9.17, 15) is 13.2 Å². The third-order valence-corrected chi connectivity index (χ3v) is 7.40. The van der Waals surface area contributed by atoms with Crippen LogP contribution in [0.4, 0.5) is 5.69 Å². The lowest BCUT2D eigenvalue weighted by atomic mass is 10.1. The molecule has 1 N–H and O–H groups in total. The molecule has 0 aliphatic heterocycles. The molecule has 0 radical (unpaired) electrons. The highest BCUT2D eigenvalue weighted by Gasteiger charge is 2.21. The van der Waals surface area contributed by atoms with Crippen LogP contribution in [-0.2, 0) is 16.4 Å². The topological polar surface area (TPSA) is 76.1 Å². The van der Waals surface area contributed by atoms with E-state index in [2.05, 4.69) is 10.3 Å². The molecule has 0 atom stereocenters. The van der Waals surface area contributed by atoms with Crippen LogP contribution in [0.5, 0.6) is 0 Å². The molecule has 0 fully saturated rings. The van der Waals surface area contributed by atoms with Gasteiger partial charge >= 0.3 is 0 Å². The molecule has 0 saturated carbocycles. The predicted octanol–water partition coefficient (Wildman–Crippen LogP) is 4.88. The molecular weight excluding hydrogens is 392 g/mol. The monoisotopic (exact) mass is 414 g/mol. The fraction of sp³-hybridized carbons (Fsp3) is 0.238. The Hall–Kier alpha value is -2.51. The van der Waals surface area contributed by atoms with Crippen molar-refractivity contribution in [3.8, 4) is 0 Å². The number of hydrogen-bond donors (Lipinski definition) is 1. The first-order valence-corrected chi connectivity index (χ1v) is 11.3. The van der Waals surface area contributed by atoms with Crippen molar-refractivity contribution in [2.75, 3.05) is 5.32 Å². The molecule has 3 aromatic rings. The number of carbonyl (C=O) groups excluding carboxylic acids is 1. The molecule has 0 aliphatic rings. The lowest BCUT2D eigenvalue weighted by Gasteiger charge is -2.06. The molecule has 0 amide bonds. The SMILES string of the molecule is CCCC(=O)c1ccc(NCc2cnc(S(=O)(=O)c3ccc(C)cc3)s2)cc1. The Balaban J connectivity index is 1.66. The van der Waals surface area contributed by atoms with Crippen LogP contribution in [-0.4, -0.2) is 19.2 Å². The Kier molecular flexibility index (Phi) is 6.26. The number of ketones is 1. The zero-order valence-electron chi connectivity index (χ0n) is 15.8. The van der Waals surface area contributed by atoms with Gasteiger partial charge in [-0.3, -0.25) is 4.79 Å². The number of rotatable bonds is 8. The summed E-state index contributed by atoms with van der Waals surface area (Å²) in [4.78, 5) is 17.1. The second-order valence-electron chi connectivity index (χ2n) is 6.51. The second-order valence-corrected chi connectivity index (χ2v) is 9.75. The Bertz CT molecular complexity index is 1050. The quantitative estimate of drug-likeness (QED) is 0.532. The van der Waals surface area contributed by atoms with Gasteiger partial charge in [-0.25, -0.2) is 13.4 Å². The molecule has 1 heterocycles. The predicted molar refractivity (Wildman–Crippen MR) is 112 cm³/mol. The van der Waals surface area contributed by atoms with Gasteiger partial charge in [0.1, 0.15) is 0 Å². The summed E-state index contributed by atoms with van der Waals surface area (Å²) in [5.74, 6) is 0.141. The van der Waals surface area contributed by atoms with Crippen LogP contribution >= 0.6 is 11.3 Å². The number of nitrogens with one attached hydrogen (secondary N) is 1. The Labute approximate surface area is 169 Å². The number of benzene rings is 2. The molecule has 0 aliphatic carbocycles. The molecule has 0 spiro atoms. The highest BCUT2D eigenvalue weighted by atomic mass is 32.2. The van der Waals surface area contributed by atoms with Gasteiger partial charge in [0.05, 0.1) is 11.4 Å². The van der Waals surface area contributed by atoms with E-state index in [4.69, 9.17) is 0 Å². The minimum Gasteiger partial charge on any atom is -0.380 e. The Morgan fingerprint density at radius 2 is 1.75 bits per heavy atom. The minimum atomic E-state index is -3.60. The molecule has 2 aromatic carbocycles. The third-order valence-electron chi connectivity index (χ3n) is 4.24. The molecule has 0 unspecified atom stereocenters. The van der Waals surface area contributed by atoms with E-state index in [-0.39, 0.29) is 15.0 Å². The maximum absolute atomic E-state index is 12.7. The normalized spacial score (nSPS) is 11.4. The van der Waals surface area contributed by atoms with Gasteiger partial charge in [0.2, 0.25) is 14.2 Å².